The van der Waals surface area contributed by atoms with E-state index in [9.17, 15) is 18.4 Å². The molecule has 0 aromatic carbocycles. The van der Waals surface area contributed by atoms with Gasteiger partial charge in [0, 0.05) is 39.6 Å². The maximum atomic E-state index is 12.1. The molecule has 20 heavy (non-hydrogen) atoms. The van der Waals surface area contributed by atoms with Crippen LogP contribution in [0.25, 0.3) is 0 Å². The number of piperidine rings is 1. The van der Waals surface area contributed by atoms with Crippen LogP contribution in [-0.4, -0.2) is 73.1 Å². The van der Waals surface area contributed by atoms with Gasteiger partial charge in [0.1, 0.15) is 6.10 Å². The number of aliphatic hydroxyl groups excluding tert-OH is 1. The van der Waals surface area contributed by atoms with E-state index in [0.717, 1.165) is 0 Å². The predicted molar refractivity (Wildman–Crippen MR) is 68.4 cm³/mol. The summed E-state index contributed by atoms with van der Waals surface area (Å²) in [5.41, 5.74) is 0. The average Bonchev–Trinajstić information content (AvgIpc) is 2.43. The molecule has 3 amide bonds. The molecule has 116 valence electrons. The van der Waals surface area contributed by atoms with Crippen LogP contribution in [0.3, 0.4) is 0 Å². The third-order valence-electron chi connectivity index (χ3n) is 3.30. The van der Waals surface area contributed by atoms with Gasteiger partial charge in [-0.25, -0.2) is 13.6 Å². The van der Waals surface area contributed by atoms with Gasteiger partial charge in [0.15, 0.2) is 0 Å². The summed E-state index contributed by atoms with van der Waals surface area (Å²) in [5, 5.41) is 11.2. The number of carbonyl (C=O) groups is 2. The Morgan fingerprint density at radius 2 is 1.90 bits per heavy atom. The van der Waals surface area contributed by atoms with Crippen molar-refractivity contribution in [3.63, 3.8) is 0 Å². The van der Waals surface area contributed by atoms with E-state index in [1.165, 1.54) is 4.90 Å². The van der Waals surface area contributed by atoms with Crippen molar-refractivity contribution in [2.75, 3.05) is 33.7 Å². The molecule has 0 aromatic rings. The Morgan fingerprint density at radius 1 is 1.35 bits per heavy atom. The lowest BCUT2D eigenvalue weighted by Crippen LogP contribution is -2.47. The van der Waals surface area contributed by atoms with E-state index in [0.29, 0.717) is 25.9 Å². The van der Waals surface area contributed by atoms with Gasteiger partial charge in [-0.2, -0.15) is 0 Å². The second-order valence-corrected chi connectivity index (χ2v) is 5.09. The first-order valence-corrected chi connectivity index (χ1v) is 6.53. The summed E-state index contributed by atoms with van der Waals surface area (Å²) in [4.78, 5) is 26.6. The maximum absolute atomic E-state index is 12.1. The van der Waals surface area contributed by atoms with E-state index in [1.54, 1.807) is 19.0 Å². The Morgan fingerprint density at radius 3 is 2.35 bits per heavy atom. The van der Waals surface area contributed by atoms with Crippen LogP contribution >= 0.6 is 0 Å². The van der Waals surface area contributed by atoms with Crippen LogP contribution in [0.5, 0.6) is 0 Å². The molecule has 0 saturated carbocycles. The van der Waals surface area contributed by atoms with Crippen LogP contribution in [0.15, 0.2) is 0 Å². The van der Waals surface area contributed by atoms with Crippen molar-refractivity contribution in [3.05, 3.63) is 0 Å². The number of nitrogens with zero attached hydrogens (tertiary/aromatic N) is 2. The maximum Gasteiger partial charge on any atom is 0.319 e. The van der Waals surface area contributed by atoms with Crippen molar-refractivity contribution >= 4 is 11.9 Å². The zero-order valence-corrected chi connectivity index (χ0v) is 11.7. The van der Waals surface area contributed by atoms with E-state index in [-0.39, 0.29) is 17.9 Å². The number of urea groups is 1. The van der Waals surface area contributed by atoms with Gasteiger partial charge >= 0.3 is 6.03 Å². The summed E-state index contributed by atoms with van der Waals surface area (Å²) < 4.78 is 24.2. The molecule has 1 rings (SSSR count). The van der Waals surface area contributed by atoms with Gasteiger partial charge in [-0.05, 0) is 12.8 Å². The number of rotatable bonds is 4. The van der Waals surface area contributed by atoms with Gasteiger partial charge in [0.2, 0.25) is 5.91 Å². The highest BCUT2D eigenvalue weighted by atomic mass is 19.3. The third kappa shape index (κ3) is 4.59. The van der Waals surface area contributed by atoms with Crippen molar-refractivity contribution < 1.29 is 23.5 Å². The van der Waals surface area contributed by atoms with Gasteiger partial charge in [-0.1, -0.05) is 0 Å². The Hall–Kier alpha value is -1.44. The number of amides is 3. The standard InChI is InChI=1S/C12H21F2N3O3/c1-16(2)12(20)17-5-3-8(4-6-17)11(19)15-7-9(18)10(13)14/h8-10,18H,3-7H2,1-2H3,(H,15,19). The minimum atomic E-state index is -2.87. The van der Waals surface area contributed by atoms with E-state index in [4.69, 9.17) is 5.11 Å². The first kappa shape index (κ1) is 16.6. The number of hydrogen-bond acceptors (Lipinski definition) is 3. The Balaban J connectivity index is 2.34. The van der Waals surface area contributed by atoms with Gasteiger partial charge < -0.3 is 20.2 Å². The van der Waals surface area contributed by atoms with Gasteiger partial charge in [0.25, 0.3) is 6.43 Å². The molecule has 8 heteroatoms. The van der Waals surface area contributed by atoms with Gasteiger partial charge in [-0.15, -0.1) is 0 Å². The largest absolute Gasteiger partial charge is 0.385 e. The first-order chi connectivity index (χ1) is 9.32. The van der Waals surface area contributed by atoms with E-state index < -0.39 is 19.1 Å². The predicted octanol–water partition coefficient (Wildman–Crippen LogP) is 0.122. The minimum Gasteiger partial charge on any atom is -0.385 e. The summed E-state index contributed by atoms with van der Waals surface area (Å²) >= 11 is 0. The fourth-order valence-electron chi connectivity index (χ4n) is 2.05. The highest BCUT2D eigenvalue weighted by Gasteiger charge is 2.28. The SMILES string of the molecule is CN(C)C(=O)N1CCC(C(=O)NCC(O)C(F)F)CC1. The summed E-state index contributed by atoms with van der Waals surface area (Å²) in [6.07, 6.45) is -3.71. The Bertz CT molecular complexity index is 345. The molecule has 1 heterocycles. The number of halogens is 2. The molecular weight excluding hydrogens is 272 g/mol. The second kappa shape index (κ2) is 7.37. The third-order valence-corrected chi connectivity index (χ3v) is 3.30. The van der Waals surface area contributed by atoms with Crippen LogP contribution < -0.4 is 5.32 Å². The molecule has 0 spiro atoms. The number of carbonyl (C=O) groups excluding carboxylic acids is 2. The van der Waals surface area contributed by atoms with Crippen LogP contribution in [0.4, 0.5) is 13.6 Å². The van der Waals surface area contributed by atoms with Crippen LogP contribution in [0, 0.1) is 5.92 Å². The smallest absolute Gasteiger partial charge is 0.319 e. The van der Waals surface area contributed by atoms with Crippen LogP contribution in [0.1, 0.15) is 12.8 Å². The molecule has 0 radical (unpaired) electrons. The summed E-state index contributed by atoms with van der Waals surface area (Å²) in [6.45, 7) is 0.479. The van der Waals surface area contributed by atoms with Crippen molar-refractivity contribution in [2.24, 2.45) is 5.92 Å². The molecule has 1 aliphatic rings. The van der Waals surface area contributed by atoms with Gasteiger partial charge in [-0.3, -0.25) is 4.79 Å². The lowest BCUT2D eigenvalue weighted by Gasteiger charge is -2.33. The fourth-order valence-corrected chi connectivity index (χ4v) is 2.05. The zero-order chi connectivity index (χ0) is 15.3. The lowest BCUT2D eigenvalue weighted by atomic mass is 9.96. The molecular formula is C12H21F2N3O3. The number of likely N-dealkylation sites (tertiary alicyclic amines) is 1. The highest BCUT2D eigenvalue weighted by molar-refractivity contribution is 5.79. The number of aliphatic hydroxyl groups is 1. The fraction of sp³-hybridized carbons (Fsp3) is 0.833. The number of hydrogen-bond donors (Lipinski definition) is 2. The molecule has 6 nitrogen and oxygen atoms in total. The van der Waals surface area contributed by atoms with Crippen LogP contribution in [0.2, 0.25) is 0 Å². The molecule has 0 bridgehead atoms. The number of alkyl halides is 2. The van der Waals surface area contributed by atoms with Crippen molar-refractivity contribution in [3.8, 4) is 0 Å². The molecule has 2 N–H and O–H groups in total. The van der Waals surface area contributed by atoms with E-state index in [2.05, 4.69) is 5.32 Å². The molecule has 0 aliphatic carbocycles. The molecule has 1 unspecified atom stereocenters. The average molecular weight is 293 g/mol. The zero-order valence-electron chi connectivity index (χ0n) is 11.7. The van der Waals surface area contributed by atoms with Crippen molar-refractivity contribution in [1.82, 2.24) is 15.1 Å². The lowest BCUT2D eigenvalue weighted by molar-refractivity contribution is -0.127. The van der Waals surface area contributed by atoms with Crippen molar-refractivity contribution in [1.29, 1.82) is 0 Å². The second-order valence-electron chi connectivity index (χ2n) is 5.09. The van der Waals surface area contributed by atoms with E-state index in [1.807, 2.05) is 0 Å². The molecule has 1 fully saturated rings. The summed E-state index contributed by atoms with van der Waals surface area (Å²) in [5.74, 6) is -0.646. The molecule has 1 saturated heterocycles. The minimum absolute atomic E-state index is 0.100. The van der Waals surface area contributed by atoms with Gasteiger partial charge in [0.05, 0.1) is 0 Å². The normalized spacial score (nSPS) is 18.0. The Labute approximate surface area is 116 Å². The summed E-state index contributed by atoms with van der Waals surface area (Å²) in [6, 6.07) is -0.100. The van der Waals surface area contributed by atoms with Crippen molar-refractivity contribution in [2.45, 2.75) is 25.4 Å². The quantitative estimate of drug-likeness (QED) is 0.773. The summed E-state index contributed by atoms with van der Waals surface area (Å²) in [7, 11) is 3.32. The molecule has 1 atom stereocenters. The van der Waals surface area contributed by atoms with E-state index >= 15 is 0 Å². The Kier molecular flexibility index (Phi) is 6.12. The topological polar surface area (TPSA) is 72.9 Å². The number of nitrogens with one attached hydrogen (secondary N) is 1. The molecule has 0 aromatic heterocycles. The monoisotopic (exact) mass is 293 g/mol. The first-order valence-electron chi connectivity index (χ1n) is 6.53. The highest BCUT2D eigenvalue weighted by Crippen LogP contribution is 2.18. The molecule has 1 aliphatic heterocycles. The van der Waals surface area contributed by atoms with Crippen LogP contribution in [-0.2, 0) is 4.79 Å².